The van der Waals surface area contributed by atoms with Crippen molar-refractivity contribution in [2.75, 3.05) is 0 Å². The number of hydrogen-bond donors (Lipinski definition) is 1. The lowest BCUT2D eigenvalue weighted by molar-refractivity contribution is 0.360. The highest BCUT2D eigenvalue weighted by Crippen LogP contribution is 2.23. The van der Waals surface area contributed by atoms with Gasteiger partial charge in [0.05, 0.1) is 10.9 Å². The summed E-state index contributed by atoms with van der Waals surface area (Å²) in [6, 6.07) is 6.09. The Morgan fingerprint density at radius 1 is 1.25 bits per heavy atom. The van der Waals surface area contributed by atoms with Crippen molar-refractivity contribution in [1.29, 1.82) is 0 Å². The number of rotatable bonds is 4. The highest BCUT2D eigenvalue weighted by Gasteiger charge is 2.28. The van der Waals surface area contributed by atoms with Crippen molar-refractivity contribution in [3.8, 4) is 0 Å². The molecule has 0 aromatic heterocycles. The van der Waals surface area contributed by atoms with Gasteiger partial charge in [-0.1, -0.05) is 35.7 Å². The lowest BCUT2D eigenvalue weighted by atomic mass is 9.92. The number of azide groups is 1. The number of sulfonamides is 1. The van der Waals surface area contributed by atoms with Gasteiger partial charge in [-0.25, -0.2) is 13.1 Å². The standard InChI is InChI=1S/C13H18N4O2S/c1-10-6-8-11(9-7-10)20(18,19)16-13-5-3-2-4-12(13)15-17-14/h6-9,12-13,16H,2-5H2,1H3/t12-,13-/m1/s1. The Balaban J connectivity index is 2.18. The Hall–Kier alpha value is -1.56. The molecule has 1 aliphatic rings. The van der Waals surface area contributed by atoms with E-state index in [1.54, 1.807) is 24.3 Å². The fourth-order valence-corrected chi connectivity index (χ4v) is 3.74. The number of hydrogen-bond acceptors (Lipinski definition) is 3. The molecule has 0 unspecified atom stereocenters. The second-order valence-corrected chi connectivity index (χ2v) is 6.81. The Morgan fingerprint density at radius 3 is 2.55 bits per heavy atom. The molecule has 108 valence electrons. The first-order valence-corrected chi connectivity index (χ1v) is 8.14. The normalized spacial score (nSPS) is 23.1. The molecular weight excluding hydrogens is 276 g/mol. The summed E-state index contributed by atoms with van der Waals surface area (Å²) in [6.07, 6.45) is 3.34. The molecule has 6 nitrogen and oxygen atoms in total. The Morgan fingerprint density at radius 2 is 1.90 bits per heavy atom. The van der Waals surface area contributed by atoms with Gasteiger partial charge in [0.2, 0.25) is 10.0 Å². The second kappa shape index (κ2) is 6.26. The van der Waals surface area contributed by atoms with E-state index in [4.69, 9.17) is 5.53 Å². The van der Waals surface area contributed by atoms with E-state index in [0.29, 0.717) is 6.42 Å². The van der Waals surface area contributed by atoms with Crippen LogP contribution in [0.2, 0.25) is 0 Å². The maximum absolute atomic E-state index is 12.3. The third-order valence-electron chi connectivity index (χ3n) is 3.57. The highest BCUT2D eigenvalue weighted by atomic mass is 32.2. The topological polar surface area (TPSA) is 94.9 Å². The van der Waals surface area contributed by atoms with Gasteiger partial charge in [0.15, 0.2) is 0 Å². The van der Waals surface area contributed by atoms with Gasteiger partial charge in [-0.15, -0.1) is 0 Å². The largest absolute Gasteiger partial charge is 0.240 e. The van der Waals surface area contributed by atoms with E-state index < -0.39 is 10.0 Å². The predicted octanol–water partition coefficient (Wildman–Crippen LogP) is 2.89. The molecule has 1 aromatic carbocycles. The smallest absolute Gasteiger partial charge is 0.208 e. The lowest BCUT2D eigenvalue weighted by Gasteiger charge is -2.28. The molecule has 0 heterocycles. The molecule has 1 aromatic rings. The molecule has 2 atom stereocenters. The zero-order chi connectivity index (χ0) is 14.6. The zero-order valence-electron chi connectivity index (χ0n) is 11.4. The van der Waals surface area contributed by atoms with Gasteiger partial charge in [-0.3, -0.25) is 0 Å². The van der Waals surface area contributed by atoms with Crippen LogP contribution in [0, 0.1) is 6.92 Å². The van der Waals surface area contributed by atoms with Crippen molar-refractivity contribution in [3.05, 3.63) is 40.3 Å². The van der Waals surface area contributed by atoms with Crippen LogP contribution in [0.1, 0.15) is 31.2 Å². The van der Waals surface area contributed by atoms with Gasteiger partial charge in [-0.05, 0) is 37.4 Å². The maximum atomic E-state index is 12.3. The first kappa shape index (κ1) is 14.8. The van der Waals surface area contributed by atoms with Crippen molar-refractivity contribution in [2.24, 2.45) is 5.11 Å². The van der Waals surface area contributed by atoms with Gasteiger partial charge >= 0.3 is 0 Å². The second-order valence-electron chi connectivity index (χ2n) is 5.10. The molecule has 0 amide bonds. The van der Waals surface area contributed by atoms with Gasteiger partial charge in [-0.2, -0.15) is 0 Å². The molecular formula is C13H18N4O2S. The summed E-state index contributed by atoms with van der Waals surface area (Å²) in [5.41, 5.74) is 9.57. The van der Waals surface area contributed by atoms with Crippen LogP contribution in [0.5, 0.6) is 0 Å². The Bertz CT molecular complexity index is 606. The van der Waals surface area contributed by atoms with Crippen molar-refractivity contribution in [2.45, 2.75) is 49.6 Å². The number of aryl methyl sites for hydroxylation is 1. The van der Waals surface area contributed by atoms with Crippen molar-refractivity contribution in [3.63, 3.8) is 0 Å². The van der Waals surface area contributed by atoms with E-state index in [-0.39, 0.29) is 17.0 Å². The number of nitrogens with one attached hydrogen (secondary N) is 1. The first-order chi connectivity index (χ1) is 9.53. The van der Waals surface area contributed by atoms with Gasteiger partial charge in [0, 0.05) is 11.0 Å². The van der Waals surface area contributed by atoms with Crippen LogP contribution in [0.4, 0.5) is 0 Å². The quantitative estimate of drug-likeness (QED) is 0.525. The minimum absolute atomic E-state index is 0.244. The summed E-state index contributed by atoms with van der Waals surface area (Å²) >= 11 is 0. The molecule has 20 heavy (non-hydrogen) atoms. The molecule has 2 rings (SSSR count). The molecule has 1 aliphatic carbocycles. The lowest BCUT2D eigenvalue weighted by Crippen LogP contribution is -2.44. The molecule has 0 spiro atoms. The van der Waals surface area contributed by atoms with Crippen molar-refractivity contribution in [1.82, 2.24) is 4.72 Å². The van der Waals surface area contributed by atoms with Crippen LogP contribution in [-0.2, 0) is 10.0 Å². The fraction of sp³-hybridized carbons (Fsp3) is 0.538. The molecule has 0 saturated heterocycles. The van der Waals surface area contributed by atoms with Crippen LogP contribution < -0.4 is 4.72 Å². The molecule has 0 radical (unpaired) electrons. The monoisotopic (exact) mass is 294 g/mol. The van der Waals surface area contributed by atoms with Gasteiger partial charge < -0.3 is 0 Å². The average Bonchev–Trinajstić information content (AvgIpc) is 2.41. The van der Waals surface area contributed by atoms with Crippen LogP contribution in [0.15, 0.2) is 34.3 Å². The van der Waals surface area contributed by atoms with E-state index in [1.807, 2.05) is 6.92 Å². The minimum atomic E-state index is -3.56. The number of benzene rings is 1. The highest BCUT2D eigenvalue weighted by molar-refractivity contribution is 7.89. The zero-order valence-corrected chi connectivity index (χ0v) is 12.2. The molecule has 1 saturated carbocycles. The van der Waals surface area contributed by atoms with E-state index in [2.05, 4.69) is 14.7 Å². The summed E-state index contributed by atoms with van der Waals surface area (Å²) in [6.45, 7) is 1.91. The maximum Gasteiger partial charge on any atom is 0.240 e. The van der Waals surface area contributed by atoms with E-state index in [1.165, 1.54) is 0 Å². The van der Waals surface area contributed by atoms with Crippen LogP contribution in [0.3, 0.4) is 0 Å². The SMILES string of the molecule is Cc1ccc(S(=O)(=O)N[C@@H]2CCCC[C@H]2N=[N+]=[N-])cc1. The van der Waals surface area contributed by atoms with E-state index in [0.717, 1.165) is 24.8 Å². The van der Waals surface area contributed by atoms with Gasteiger partial charge in [0.1, 0.15) is 0 Å². The van der Waals surface area contributed by atoms with Gasteiger partial charge in [0.25, 0.3) is 0 Å². The van der Waals surface area contributed by atoms with E-state index in [9.17, 15) is 8.42 Å². The first-order valence-electron chi connectivity index (χ1n) is 6.66. The summed E-state index contributed by atoms with van der Waals surface area (Å²) in [5, 5.41) is 3.71. The fourth-order valence-electron chi connectivity index (χ4n) is 2.44. The molecule has 7 heteroatoms. The van der Waals surface area contributed by atoms with Crippen LogP contribution in [-0.4, -0.2) is 20.5 Å². The summed E-state index contributed by atoms with van der Waals surface area (Å²) < 4.78 is 27.3. The third kappa shape index (κ3) is 3.50. The van der Waals surface area contributed by atoms with Crippen LogP contribution >= 0.6 is 0 Å². The average molecular weight is 294 g/mol. The molecule has 0 bridgehead atoms. The van der Waals surface area contributed by atoms with E-state index >= 15 is 0 Å². The number of nitrogens with zero attached hydrogens (tertiary/aromatic N) is 3. The molecule has 1 fully saturated rings. The predicted molar refractivity (Wildman–Crippen MR) is 76.7 cm³/mol. The minimum Gasteiger partial charge on any atom is -0.208 e. The summed E-state index contributed by atoms with van der Waals surface area (Å²) in [7, 11) is -3.56. The summed E-state index contributed by atoms with van der Waals surface area (Å²) in [4.78, 5) is 3.06. The third-order valence-corrected chi connectivity index (χ3v) is 5.07. The Labute approximate surface area is 118 Å². The molecule has 1 N–H and O–H groups in total. The van der Waals surface area contributed by atoms with Crippen molar-refractivity contribution < 1.29 is 8.42 Å². The summed E-state index contributed by atoms with van der Waals surface area (Å²) in [5.74, 6) is 0. The molecule has 0 aliphatic heterocycles. The Kier molecular flexibility index (Phi) is 4.65. The van der Waals surface area contributed by atoms with Crippen molar-refractivity contribution >= 4 is 10.0 Å². The van der Waals surface area contributed by atoms with Crippen LogP contribution in [0.25, 0.3) is 10.4 Å².